The van der Waals surface area contributed by atoms with Crippen LogP contribution in [0.3, 0.4) is 0 Å². The second-order valence-electron chi connectivity index (χ2n) is 2.05. The van der Waals surface area contributed by atoms with Crippen molar-refractivity contribution < 1.29 is 4.74 Å². The molecule has 46 valence electrons. The molecule has 1 N–H and O–H groups in total. The second-order valence-corrected chi connectivity index (χ2v) is 2.05. The van der Waals surface area contributed by atoms with E-state index in [0.717, 1.165) is 26.1 Å². The summed E-state index contributed by atoms with van der Waals surface area (Å²) in [5.74, 6) is 0. The Morgan fingerprint density at radius 3 is 2.38 bits per heavy atom. The zero-order valence-corrected chi connectivity index (χ0v) is 4.89. The Kier molecular flexibility index (Phi) is 2.30. The van der Waals surface area contributed by atoms with Crippen molar-refractivity contribution in [1.82, 2.24) is 5.32 Å². The zero-order chi connectivity index (χ0) is 5.82. The number of nitrogens with one attached hydrogen (secondary N) is 1. The molecule has 1 fully saturated rings. The highest BCUT2D eigenvalue weighted by Gasteiger charge is 2.09. The SMILES string of the molecule is [CH]NC1CCOCC1. The van der Waals surface area contributed by atoms with Gasteiger partial charge in [-0.3, -0.25) is 0 Å². The standard InChI is InChI=1S/C6H11NO/c1-7-6-2-4-8-5-3-6/h1,6-7H,2-5H2. The van der Waals surface area contributed by atoms with Crippen LogP contribution in [0.2, 0.25) is 0 Å². The molecule has 0 aromatic heterocycles. The Labute approximate surface area is 50.2 Å². The summed E-state index contributed by atoms with van der Waals surface area (Å²) in [6, 6.07) is 0.490. The minimum atomic E-state index is 0.490. The predicted molar refractivity (Wildman–Crippen MR) is 31.3 cm³/mol. The first-order valence-electron chi connectivity index (χ1n) is 2.97. The normalized spacial score (nSPS) is 23.6. The van der Waals surface area contributed by atoms with E-state index in [2.05, 4.69) is 5.32 Å². The first-order valence-corrected chi connectivity index (χ1v) is 2.97. The molecule has 8 heavy (non-hydrogen) atoms. The first-order chi connectivity index (χ1) is 3.93. The van der Waals surface area contributed by atoms with Crippen molar-refractivity contribution in [3.63, 3.8) is 0 Å². The molecule has 0 aromatic carbocycles. The molecule has 0 bridgehead atoms. The van der Waals surface area contributed by atoms with Crippen LogP contribution in [0, 0.1) is 7.05 Å². The maximum Gasteiger partial charge on any atom is 0.0480 e. The van der Waals surface area contributed by atoms with Crippen LogP contribution >= 0.6 is 0 Å². The third kappa shape index (κ3) is 1.46. The lowest BCUT2D eigenvalue weighted by Crippen LogP contribution is -2.30. The highest BCUT2D eigenvalue weighted by atomic mass is 16.5. The van der Waals surface area contributed by atoms with Crippen molar-refractivity contribution in [2.75, 3.05) is 13.2 Å². The van der Waals surface area contributed by atoms with Gasteiger partial charge in [0, 0.05) is 26.3 Å². The molecule has 0 unspecified atom stereocenters. The molecular weight excluding hydrogens is 102 g/mol. The minimum Gasteiger partial charge on any atom is -0.381 e. The molecule has 0 aromatic rings. The van der Waals surface area contributed by atoms with E-state index in [0.29, 0.717) is 6.04 Å². The lowest BCUT2D eigenvalue weighted by Gasteiger charge is -2.20. The number of ether oxygens (including phenoxy) is 1. The lowest BCUT2D eigenvalue weighted by molar-refractivity contribution is 0.0810. The third-order valence-electron chi connectivity index (χ3n) is 1.46. The van der Waals surface area contributed by atoms with Crippen LogP contribution in [0.4, 0.5) is 0 Å². The van der Waals surface area contributed by atoms with E-state index in [1.165, 1.54) is 0 Å². The molecule has 0 amide bonds. The summed E-state index contributed by atoms with van der Waals surface area (Å²) in [4.78, 5) is 0. The molecule has 2 heteroatoms. The molecular formula is C6H11NO. The van der Waals surface area contributed by atoms with Gasteiger partial charge in [-0.2, -0.15) is 0 Å². The predicted octanol–water partition coefficient (Wildman–Crippen LogP) is 0.424. The molecule has 0 aliphatic carbocycles. The van der Waals surface area contributed by atoms with E-state index in [4.69, 9.17) is 11.8 Å². The summed E-state index contributed by atoms with van der Waals surface area (Å²) >= 11 is 0. The maximum atomic E-state index is 5.20. The summed E-state index contributed by atoms with van der Waals surface area (Å²) in [7, 11) is 5.20. The molecule has 2 nitrogen and oxygen atoms in total. The Morgan fingerprint density at radius 1 is 1.38 bits per heavy atom. The summed E-state index contributed by atoms with van der Waals surface area (Å²) in [5.41, 5.74) is 0. The van der Waals surface area contributed by atoms with Crippen molar-refractivity contribution in [1.29, 1.82) is 0 Å². The second kappa shape index (κ2) is 3.05. The molecule has 1 aliphatic heterocycles. The van der Waals surface area contributed by atoms with Gasteiger partial charge in [0.05, 0.1) is 0 Å². The smallest absolute Gasteiger partial charge is 0.0480 e. The zero-order valence-electron chi connectivity index (χ0n) is 4.89. The Bertz CT molecular complexity index is 59.5. The minimum absolute atomic E-state index is 0.490. The van der Waals surface area contributed by atoms with E-state index < -0.39 is 0 Å². The van der Waals surface area contributed by atoms with Gasteiger partial charge in [-0.25, -0.2) is 0 Å². The highest BCUT2D eigenvalue weighted by molar-refractivity contribution is 4.68. The van der Waals surface area contributed by atoms with Crippen molar-refractivity contribution in [2.24, 2.45) is 0 Å². The lowest BCUT2D eigenvalue weighted by atomic mass is 10.1. The van der Waals surface area contributed by atoms with Crippen LogP contribution in [0.15, 0.2) is 0 Å². The summed E-state index contributed by atoms with van der Waals surface area (Å²) in [5, 5.41) is 2.72. The molecule has 2 radical (unpaired) electrons. The average molecular weight is 113 g/mol. The third-order valence-corrected chi connectivity index (χ3v) is 1.46. The van der Waals surface area contributed by atoms with Crippen LogP contribution in [-0.4, -0.2) is 19.3 Å². The van der Waals surface area contributed by atoms with Crippen LogP contribution in [0.1, 0.15) is 12.8 Å². The fourth-order valence-corrected chi connectivity index (χ4v) is 0.864. The number of rotatable bonds is 1. The van der Waals surface area contributed by atoms with Crippen LogP contribution < -0.4 is 5.32 Å². The molecule has 0 atom stereocenters. The molecule has 0 spiro atoms. The Hall–Kier alpha value is -0.0800. The molecule has 0 saturated carbocycles. The topological polar surface area (TPSA) is 21.3 Å². The van der Waals surface area contributed by atoms with Crippen molar-refractivity contribution in [2.45, 2.75) is 18.9 Å². The quantitative estimate of drug-likeness (QED) is 0.498. The first kappa shape index (κ1) is 6.05. The molecule has 1 aliphatic rings. The molecule has 1 saturated heterocycles. The van der Waals surface area contributed by atoms with Crippen molar-refractivity contribution in [3.05, 3.63) is 7.05 Å². The Morgan fingerprint density at radius 2 is 2.00 bits per heavy atom. The van der Waals surface area contributed by atoms with Crippen LogP contribution in [-0.2, 0) is 4.74 Å². The van der Waals surface area contributed by atoms with Gasteiger partial charge < -0.3 is 10.1 Å². The summed E-state index contributed by atoms with van der Waals surface area (Å²) in [6.45, 7) is 1.71. The fourth-order valence-electron chi connectivity index (χ4n) is 0.864. The van der Waals surface area contributed by atoms with Gasteiger partial charge in [-0.05, 0) is 12.8 Å². The van der Waals surface area contributed by atoms with E-state index in [-0.39, 0.29) is 0 Å². The van der Waals surface area contributed by atoms with Crippen LogP contribution in [0.5, 0.6) is 0 Å². The van der Waals surface area contributed by atoms with Crippen molar-refractivity contribution >= 4 is 0 Å². The number of hydrogen-bond acceptors (Lipinski definition) is 2. The van der Waals surface area contributed by atoms with E-state index in [1.807, 2.05) is 0 Å². The fraction of sp³-hybridized carbons (Fsp3) is 0.833. The van der Waals surface area contributed by atoms with Crippen LogP contribution in [0.25, 0.3) is 0 Å². The van der Waals surface area contributed by atoms with E-state index in [9.17, 15) is 0 Å². The largest absolute Gasteiger partial charge is 0.381 e. The van der Waals surface area contributed by atoms with E-state index in [1.54, 1.807) is 0 Å². The highest BCUT2D eigenvalue weighted by Crippen LogP contribution is 2.04. The van der Waals surface area contributed by atoms with Gasteiger partial charge in [0.15, 0.2) is 0 Å². The summed E-state index contributed by atoms with van der Waals surface area (Å²) in [6.07, 6.45) is 2.10. The van der Waals surface area contributed by atoms with Gasteiger partial charge in [0.1, 0.15) is 0 Å². The monoisotopic (exact) mass is 113 g/mol. The van der Waals surface area contributed by atoms with Gasteiger partial charge in [-0.15, -0.1) is 0 Å². The van der Waals surface area contributed by atoms with Gasteiger partial charge in [0.2, 0.25) is 0 Å². The van der Waals surface area contributed by atoms with Gasteiger partial charge in [0.25, 0.3) is 0 Å². The van der Waals surface area contributed by atoms with Gasteiger partial charge >= 0.3 is 0 Å². The molecule has 1 heterocycles. The van der Waals surface area contributed by atoms with Crippen molar-refractivity contribution in [3.8, 4) is 0 Å². The number of hydrogen-bond donors (Lipinski definition) is 1. The summed E-state index contributed by atoms with van der Waals surface area (Å²) < 4.78 is 5.11. The molecule has 1 rings (SSSR count). The Balaban J connectivity index is 2.13. The van der Waals surface area contributed by atoms with E-state index >= 15 is 0 Å². The van der Waals surface area contributed by atoms with Gasteiger partial charge in [-0.1, -0.05) is 0 Å². The average Bonchev–Trinajstić information content (AvgIpc) is 1.90. The maximum absolute atomic E-state index is 5.20.